The molecule has 0 saturated heterocycles. The van der Waals surface area contributed by atoms with E-state index in [4.69, 9.17) is 23.2 Å². The molecule has 0 saturated carbocycles. The Labute approximate surface area is 888 Å². The molecule has 0 radical (unpaired) electrons. The number of carbonyl (C=O) groups excluding carboxylic acids is 5. The van der Waals surface area contributed by atoms with Crippen LogP contribution in [0.4, 0.5) is 78.8 Å². The summed E-state index contributed by atoms with van der Waals surface area (Å²) in [6.45, 7) is 7.68. The van der Waals surface area contributed by atoms with Crippen molar-refractivity contribution in [3.63, 3.8) is 0 Å². The third-order valence-electron chi connectivity index (χ3n) is 25.4. The van der Waals surface area contributed by atoms with Crippen LogP contribution in [0, 0.1) is 34.9 Å². The Kier molecular flexibility index (Phi) is 35.5. The number of urea groups is 5. The molecule has 0 bridgehead atoms. The minimum Gasteiger partial charge on any atom is -0.334 e. The van der Waals surface area contributed by atoms with Crippen LogP contribution in [-0.4, -0.2) is 152 Å². The van der Waals surface area contributed by atoms with Crippen LogP contribution in [0.15, 0.2) is 269 Å². The van der Waals surface area contributed by atoms with Gasteiger partial charge in [-0.3, -0.25) is 29.5 Å². The third kappa shape index (κ3) is 26.5. The van der Waals surface area contributed by atoms with Gasteiger partial charge in [0.1, 0.15) is 34.9 Å². The van der Waals surface area contributed by atoms with Gasteiger partial charge in [-0.05, 0) is 298 Å². The van der Waals surface area contributed by atoms with E-state index >= 15 is 0 Å². The molecule has 10 amide bonds. The number of sulfone groups is 1. The van der Waals surface area contributed by atoms with Crippen LogP contribution in [0.2, 0.25) is 10.0 Å². The Morgan fingerprint density at radius 2 is 0.713 bits per heavy atom. The van der Waals surface area contributed by atoms with Gasteiger partial charge in [-0.25, -0.2) is 100 Å². The van der Waals surface area contributed by atoms with Crippen molar-refractivity contribution in [2.24, 2.45) is 0 Å². The molecule has 2 atom stereocenters. The van der Waals surface area contributed by atoms with Crippen LogP contribution >= 0.6 is 55.1 Å². The van der Waals surface area contributed by atoms with Crippen molar-refractivity contribution < 1.29 is 67.2 Å². The summed E-state index contributed by atoms with van der Waals surface area (Å²) in [7, 11) is -5.91. The SMILES string of the molecule is CCCC(NC(=O)N1CCCc2c1cnn2-c1ccc(F)cc1)c1ccc(S(C)(=O)=O)nc1.CCCC(NC(=O)N1CCCc2c1cnn2-c1ccc(F)cc1)c1cncc(Br)c1.CNS(=O)(=O)c1ccc(CNC(=O)N2CCCc3c2cnn3-c2ccc(F)cc2)c(F)c1.O=C(NCc1cc(Cl)cc(Cl)c1)N1CCCc2c1cnn2-c1ccc(F)cc1.O=C(NCc1ccc(Br)cc1)N1CCCc2c1cnn2-c1ccc(F)cc1. The summed E-state index contributed by atoms with van der Waals surface area (Å²) in [6.07, 6.45) is 25.6. The number of anilines is 5. The summed E-state index contributed by atoms with van der Waals surface area (Å²) < 4.78 is 140. The second-order valence-corrected chi connectivity index (χ2v) is 42.2. The monoisotopic (exact) mass is 2250 g/mol. The van der Waals surface area contributed by atoms with Gasteiger partial charge in [0.05, 0.1) is 133 Å². The highest BCUT2D eigenvalue weighted by Crippen LogP contribution is 2.38. The molecule has 6 N–H and O–H groups in total. The lowest BCUT2D eigenvalue weighted by molar-refractivity contribution is 0.240. The van der Waals surface area contributed by atoms with Crippen molar-refractivity contribution in [3.05, 3.63) is 360 Å². The van der Waals surface area contributed by atoms with E-state index in [0.717, 1.165) is 188 Å². The molecule has 8 aromatic carbocycles. The molecule has 2 unspecified atom stereocenters. The van der Waals surface area contributed by atoms with Gasteiger partial charge in [0.25, 0.3) is 0 Å². The Balaban J connectivity index is 0.000000134. The van der Waals surface area contributed by atoms with Crippen LogP contribution in [0.3, 0.4) is 0 Å². The first kappa shape index (κ1) is 108. The Bertz CT molecular complexity index is 7550. The lowest BCUT2D eigenvalue weighted by atomic mass is 10.0. The largest absolute Gasteiger partial charge is 0.334 e. The average molecular weight is 2250 g/mol. The van der Waals surface area contributed by atoms with Crippen LogP contribution in [0.5, 0.6) is 0 Å². The number of sulfonamides is 1. The van der Waals surface area contributed by atoms with Gasteiger partial charge in [-0.2, -0.15) is 25.5 Å². The van der Waals surface area contributed by atoms with Gasteiger partial charge in [0.15, 0.2) is 14.9 Å². The summed E-state index contributed by atoms with van der Waals surface area (Å²) in [6, 6.07) is 50.7. The number of nitrogens with one attached hydrogen (secondary N) is 6. The minimum atomic E-state index is -3.76. The number of pyridine rings is 2. The Morgan fingerprint density at radius 3 is 1.03 bits per heavy atom. The molecule has 12 heterocycles. The predicted octanol–water partition coefficient (Wildman–Crippen LogP) is 21.1. The number of rotatable bonds is 22. The van der Waals surface area contributed by atoms with E-state index in [1.54, 1.807) is 171 Å². The van der Waals surface area contributed by atoms with E-state index in [1.165, 1.54) is 97.0 Å². The fourth-order valence-electron chi connectivity index (χ4n) is 18.0. The van der Waals surface area contributed by atoms with Gasteiger partial charge in [0, 0.05) is 102 Å². The number of hydrogen-bond donors (Lipinski definition) is 6. The normalized spacial score (nSPS) is 13.9. The molecule has 780 valence electrons. The molecule has 0 fully saturated rings. The van der Waals surface area contributed by atoms with Gasteiger partial charge < -0.3 is 26.6 Å². The van der Waals surface area contributed by atoms with E-state index in [0.29, 0.717) is 86.5 Å². The predicted molar refractivity (Wildman–Crippen MR) is 568 cm³/mol. The number of hydrogen-bond acceptors (Lipinski definition) is 16. The number of halogens is 10. The van der Waals surface area contributed by atoms with Crippen molar-refractivity contribution in [2.45, 2.75) is 145 Å². The van der Waals surface area contributed by atoms with Crippen molar-refractivity contribution in [1.29, 1.82) is 0 Å². The van der Waals surface area contributed by atoms with Crippen LogP contribution in [0.1, 0.15) is 140 Å². The van der Waals surface area contributed by atoms with Crippen LogP contribution in [0.25, 0.3) is 28.4 Å². The van der Waals surface area contributed by atoms with Crippen LogP contribution in [-0.2, 0) is 71.6 Å². The van der Waals surface area contributed by atoms with Gasteiger partial charge in [0.2, 0.25) is 10.0 Å². The van der Waals surface area contributed by atoms with E-state index in [9.17, 15) is 67.2 Å². The van der Waals surface area contributed by atoms with E-state index < -0.39 is 31.7 Å². The zero-order valence-electron chi connectivity index (χ0n) is 81.8. The third-order valence-corrected chi connectivity index (χ3v) is 29.2. The number of carbonyl (C=O) groups is 5. The summed E-state index contributed by atoms with van der Waals surface area (Å²) in [5.74, 6) is -2.27. The molecule has 0 aliphatic carbocycles. The highest BCUT2D eigenvalue weighted by atomic mass is 79.9. The van der Waals surface area contributed by atoms with Crippen molar-refractivity contribution >= 4 is 134 Å². The van der Waals surface area contributed by atoms with Crippen molar-refractivity contribution in [2.75, 3.05) is 70.5 Å². The molecule has 32 nitrogen and oxygen atoms in total. The summed E-state index contributed by atoms with van der Waals surface area (Å²) >= 11 is 18.9. The molecule has 7 aromatic heterocycles. The Hall–Kier alpha value is -14.6. The first-order chi connectivity index (χ1) is 72.3. The summed E-state index contributed by atoms with van der Waals surface area (Å²) in [5, 5.41) is 37.9. The van der Waals surface area contributed by atoms with Crippen LogP contribution < -0.4 is 55.8 Å². The molecular weight excluding hydrogens is 2150 g/mol. The standard InChI is InChI=1S/C23H26FN5O3S.C22H23BrFN5O.C21H21F2N5O3S.C20H18BrFN4O.C20H17Cl2FN4O/c1-3-5-19(16-7-12-22(25-14-16)33(2,31)32)27-23(30)28-13-4-6-20-21(28)15-26-29(20)18-10-8-17(24)9-11-18;1-2-4-19(15-11-16(23)13-25-12-15)27-22(30)28-10-3-5-20-21(28)14-26-29(20)18-8-6-17(24)7-9-18;1-24-32(30,31)17-9-4-14(18(23)11-17)12-25-21(29)27-10-2-3-19-20(27)13-26-28(19)16-7-5-15(22)6-8-16;21-15-5-3-14(4-6-15)12-23-20(27)25-11-1-2-18-19(25)13-24-26(18)17-9-7-16(22)8-10-17;21-14-8-13(9-15(22)10-14)11-24-20(28)26-7-1-2-18-19(26)12-25-27(18)17-5-3-16(23)4-6-17/h7-12,14-15,19H,3-6,13H2,1-2H3,(H,27,30);6-9,11-14,19H,2-5,10H2,1H3,(H,27,30);4-9,11,13,24H,2-3,10,12H2,1H3,(H,25,29);3-10,13H,1-2,11-12H2,(H,23,27);3-6,8-10,12H,1-2,7,11H2,(H,24,28). The average Bonchev–Trinajstić information content (AvgIpc) is 1.65. The minimum absolute atomic E-state index is 0.00158. The second kappa shape index (κ2) is 49.3. The first-order valence-corrected chi connectivity index (χ1v) is 54.1. The molecule has 150 heavy (non-hydrogen) atoms. The van der Waals surface area contributed by atoms with E-state index in [1.807, 2.05) is 37.3 Å². The van der Waals surface area contributed by atoms with Gasteiger partial charge in [-0.15, -0.1) is 0 Å². The topological polar surface area (TPSA) is 357 Å². The summed E-state index contributed by atoms with van der Waals surface area (Å²) in [5.41, 5.74) is 15.8. The van der Waals surface area contributed by atoms with Gasteiger partial charge in [-0.1, -0.05) is 90.1 Å². The number of aromatic nitrogens is 12. The zero-order chi connectivity index (χ0) is 106. The molecule has 5 aliphatic rings. The van der Waals surface area contributed by atoms with Crippen molar-refractivity contribution in [1.82, 2.24) is 90.2 Å². The maximum Gasteiger partial charge on any atom is 0.322 e. The molecule has 20 rings (SSSR count). The molecule has 5 aliphatic heterocycles. The molecule has 0 spiro atoms. The van der Waals surface area contributed by atoms with Gasteiger partial charge >= 0.3 is 30.2 Å². The lowest BCUT2D eigenvalue weighted by Gasteiger charge is -2.29. The lowest BCUT2D eigenvalue weighted by Crippen LogP contribution is -2.44. The zero-order valence-corrected chi connectivity index (χ0v) is 88.1. The number of benzene rings is 8. The highest BCUT2D eigenvalue weighted by Gasteiger charge is 2.35. The molecule has 15 aromatic rings. The number of nitrogens with zero attached hydrogens (tertiary/aromatic N) is 17. The fraction of sp³-hybridized carbons (Fsp3) is 0.264. The summed E-state index contributed by atoms with van der Waals surface area (Å²) in [4.78, 5) is 81.2. The molecule has 44 heteroatoms. The quantitative estimate of drug-likeness (QED) is 0.0343. The fourth-order valence-corrected chi connectivity index (χ4v) is 20.5. The number of fused-ring (bicyclic) bond motifs is 5. The van der Waals surface area contributed by atoms with E-state index in [-0.39, 0.29) is 87.3 Å². The van der Waals surface area contributed by atoms with Crippen molar-refractivity contribution in [3.8, 4) is 28.4 Å². The number of amides is 10. The highest BCUT2D eigenvalue weighted by molar-refractivity contribution is 9.10. The maximum absolute atomic E-state index is 14.4. The first-order valence-electron chi connectivity index (χ1n) is 48.4. The molecular formula is C106H105Br2Cl2F6N23O9S2. The second-order valence-electron chi connectivity index (χ2n) is 35.7. The maximum atomic E-state index is 14.4. The smallest absolute Gasteiger partial charge is 0.322 e. The Morgan fingerprint density at radius 1 is 0.373 bits per heavy atom. The van der Waals surface area contributed by atoms with E-state index in [2.05, 4.69) is 106 Å².